The highest BCUT2D eigenvalue weighted by Gasteiger charge is 2.20. The Kier molecular flexibility index (Phi) is 4.89. The molecule has 7 heteroatoms. The summed E-state index contributed by atoms with van der Waals surface area (Å²) in [5, 5.41) is 10.6. The standard InChI is InChI=1S/C15H16N2O4S/c1-2-15(12-6-4-3-5-7-12)16-22(20,21)14-10-8-13(9-11-14)17(18)19/h3-11,15-16H,2H2,1H3/t15-/m1/s1. The summed E-state index contributed by atoms with van der Waals surface area (Å²) in [6.45, 7) is 1.88. The van der Waals surface area contributed by atoms with E-state index in [1.54, 1.807) is 0 Å². The number of sulfonamides is 1. The molecule has 1 N–H and O–H groups in total. The first-order valence-electron chi connectivity index (χ1n) is 6.76. The molecule has 0 heterocycles. The van der Waals surface area contributed by atoms with Crippen molar-refractivity contribution in [2.75, 3.05) is 0 Å². The smallest absolute Gasteiger partial charge is 0.258 e. The summed E-state index contributed by atoms with van der Waals surface area (Å²) in [5.74, 6) is 0. The third kappa shape index (κ3) is 3.69. The molecule has 0 radical (unpaired) electrons. The van der Waals surface area contributed by atoms with Gasteiger partial charge in [-0.15, -0.1) is 0 Å². The number of nitro groups is 1. The summed E-state index contributed by atoms with van der Waals surface area (Å²) < 4.78 is 27.4. The first kappa shape index (κ1) is 16.1. The van der Waals surface area contributed by atoms with Crippen LogP contribution in [-0.2, 0) is 10.0 Å². The Morgan fingerprint density at radius 3 is 2.18 bits per heavy atom. The molecular weight excluding hydrogens is 304 g/mol. The molecule has 2 rings (SSSR count). The Labute approximate surface area is 129 Å². The minimum absolute atomic E-state index is 0.00693. The third-order valence-electron chi connectivity index (χ3n) is 3.27. The molecule has 0 aromatic heterocycles. The lowest BCUT2D eigenvalue weighted by Gasteiger charge is -2.17. The van der Waals surface area contributed by atoms with Crippen molar-refractivity contribution in [2.24, 2.45) is 0 Å². The average molecular weight is 320 g/mol. The van der Waals surface area contributed by atoms with E-state index in [0.29, 0.717) is 6.42 Å². The molecule has 0 aliphatic rings. The lowest BCUT2D eigenvalue weighted by atomic mass is 10.1. The van der Waals surface area contributed by atoms with Gasteiger partial charge < -0.3 is 0 Å². The number of hydrogen-bond donors (Lipinski definition) is 1. The summed E-state index contributed by atoms with van der Waals surface area (Å²) in [4.78, 5) is 10.1. The van der Waals surface area contributed by atoms with E-state index in [-0.39, 0.29) is 16.6 Å². The molecule has 2 aromatic carbocycles. The maximum absolute atomic E-state index is 12.4. The van der Waals surface area contributed by atoms with E-state index in [2.05, 4.69) is 4.72 Å². The summed E-state index contributed by atoms with van der Waals surface area (Å²) in [7, 11) is -3.73. The van der Waals surface area contributed by atoms with Crippen molar-refractivity contribution in [3.05, 3.63) is 70.3 Å². The molecule has 0 fully saturated rings. The van der Waals surface area contributed by atoms with Crippen molar-refractivity contribution < 1.29 is 13.3 Å². The van der Waals surface area contributed by atoms with Crippen molar-refractivity contribution in [2.45, 2.75) is 24.3 Å². The van der Waals surface area contributed by atoms with Gasteiger partial charge in [0.1, 0.15) is 0 Å². The molecule has 6 nitrogen and oxygen atoms in total. The number of nitrogens with one attached hydrogen (secondary N) is 1. The highest BCUT2D eigenvalue weighted by atomic mass is 32.2. The van der Waals surface area contributed by atoms with Crippen molar-refractivity contribution >= 4 is 15.7 Å². The molecule has 0 aliphatic heterocycles. The highest BCUT2D eigenvalue weighted by molar-refractivity contribution is 7.89. The maximum atomic E-state index is 12.4. The van der Waals surface area contributed by atoms with Crippen LogP contribution in [0.1, 0.15) is 24.9 Å². The first-order valence-corrected chi connectivity index (χ1v) is 8.24. The summed E-state index contributed by atoms with van der Waals surface area (Å²) in [6, 6.07) is 13.7. The lowest BCUT2D eigenvalue weighted by molar-refractivity contribution is -0.384. The van der Waals surface area contributed by atoms with E-state index < -0.39 is 14.9 Å². The number of nitro benzene ring substituents is 1. The molecule has 0 aliphatic carbocycles. The van der Waals surface area contributed by atoms with Crippen LogP contribution < -0.4 is 4.72 Å². The quantitative estimate of drug-likeness (QED) is 0.654. The van der Waals surface area contributed by atoms with Crippen LogP contribution in [0, 0.1) is 10.1 Å². The Balaban J connectivity index is 2.24. The Morgan fingerprint density at radius 2 is 1.68 bits per heavy atom. The van der Waals surface area contributed by atoms with Crippen molar-refractivity contribution in [1.82, 2.24) is 4.72 Å². The molecule has 22 heavy (non-hydrogen) atoms. The summed E-state index contributed by atoms with van der Waals surface area (Å²) in [6.07, 6.45) is 0.593. The van der Waals surface area contributed by atoms with Gasteiger partial charge in [-0.3, -0.25) is 10.1 Å². The Hall–Kier alpha value is -2.25. The van der Waals surface area contributed by atoms with Gasteiger partial charge >= 0.3 is 0 Å². The van der Waals surface area contributed by atoms with Gasteiger partial charge in [0.05, 0.1) is 9.82 Å². The van der Waals surface area contributed by atoms with Gasteiger partial charge in [-0.1, -0.05) is 37.3 Å². The van der Waals surface area contributed by atoms with Gasteiger partial charge in [-0.2, -0.15) is 0 Å². The molecule has 1 atom stereocenters. The molecule has 0 saturated heterocycles. The first-order chi connectivity index (χ1) is 10.4. The normalized spacial score (nSPS) is 12.8. The van der Waals surface area contributed by atoms with E-state index in [4.69, 9.17) is 0 Å². The van der Waals surface area contributed by atoms with E-state index in [1.807, 2.05) is 37.3 Å². The monoisotopic (exact) mass is 320 g/mol. The van der Waals surface area contributed by atoms with Crippen LogP contribution in [0.25, 0.3) is 0 Å². The predicted octanol–water partition coefficient (Wildman–Crippen LogP) is 3.02. The fourth-order valence-electron chi connectivity index (χ4n) is 2.07. The Bertz CT molecular complexity index is 743. The fraction of sp³-hybridized carbons (Fsp3) is 0.200. The van der Waals surface area contributed by atoms with Crippen molar-refractivity contribution in [1.29, 1.82) is 0 Å². The van der Waals surface area contributed by atoms with Crippen LogP contribution in [0.2, 0.25) is 0 Å². The molecular formula is C15H16N2O4S. The molecule has 0 saturated carbocycles. The minimum Gasteiger partial charge on any atom is -0.258 e. The molecule has 0 spiro atoms. The van der Waals surface area contributed by atoms with Gasteiger partial charge in [-0.05, 0) is 24.1 Å². The minimum atomic E-state index is -3.73. The van der Waals surface area contributed by atoms with E-state index >= 15 is 0 Å². The zero-order valence-corrected chi connectivity index (χ0v) is 12.8. The van der Waals surface area contributed by atoms with Crippen LogP contribution in [0.3, 0.4) is 0 Å². The third-order valence-corrected chi connectivity index (χ3v) is 4.75. The van der Waals surface area contributed by atoms with Crippen molar-refractivity contribution in [3.8, 4) is 0 Å². The fourth-order valence-corrected chi connectivity index (χ4v) is 3.38. The Morgan fingerprint density at radius 1 is 1.09 bits per heavy atom. The van der Waals surface area contributed by atoms with Gasteiger partial charge in [0.25, 0.3) is 5.69 Å². The second-order valence-electron chi connectivity index (χ2n) is 4.74. The van der Waals surface area contributed by atoms with E-state index in [9.17, 15) is 18.5 Å². The van der Waals surface area contributed by atoms with Gasteiger partial charge in [0.15, 0.2) is 0 Å². The van der Waals surface area contributed by atoms with Crippen LogP contribution in [0.15, 0.2) is 59.5 Å². The number of benzene rings is 2. The number of nitrogens with zero attached hydrogens (tertiary/aromatic N) is 1. The number of rotatable bonds is 6. The number of hydrogen-bond acceptors (Lipinski definition) is 4. The summed E-state index contributed by atoms with van der Waals surface area (Å²) >= 11 is 0. The second-order valence-corrected chi connectivity index (χ2v) is 6.46. The topological polar surface area (TPSA) is 89.3 Å². The van der Waals surface area contributed by atoms with Crippen LogP contribution in [-0.4, -0.2) is 13.3 Å². The molecule has 116 valence electrons. The zero-order valence-electron chi connectivity index (χ0n) is 12.0. The molecule has 0 unspecified atom stereocenters. The maximum Gasteiger partial charge on any atom is 0.269 e. The van der Waals surface area contributed by atoms with E-state index in [1.165, 1.54) is 24.3 Å². The highest BCUT2D eigenvalue weighted by Crippen LogP contribution is 2.21. The van der Waals surface area contributed by atoms with Crippen LogP contribution in [0.5, 0.6) is 0 Å². The lowest BCUT2D eigenvalue weighted by Crippen LogP contribution is -2.28. The van der Waals surface area contributed by atoms with Crippen LogP contribution >= 0.6 is 0 Å². The zero-order chi connectivity index (χ0) is 16.2. The van der Waals surface area contributed by atoms with E-state index in [0.717, 1.165) is 5.56 Å². The van der Waals surface area contributed by atoms with Gasteiger partial charge in [0, 0.05) is 18.2 Å². The number of non-ortho nitro benzene ring substituents is 1. The summed E-state index contributed by atoms with van der Waals surface area (Å²) in [5.41, 5.74) is 0.726. The predicted molar refractivity (Wildman–Crippen MR) is 82.9 cm³/mol. The molecule has 0 amide bonds. The molecule has 2 aromatic rings. The average Bonchev–Trinajstić information content (AvgIpc) is 2.53. The van der Waals surface area contributed by atoms with Crippen molar-refractivity contribution in [3.63, 3.8) is 0 Å². The second kappa shape index (κ2) is 6.67. The SMILES string of the molecule is CC[C@@H](NS(=O)(=O)c1ccc([N+](=O)[O-])cc1)c1ccccc1. The largest absolute Gasteiger partial charge is 0.269 e. The molecule has 0 bridgehead atoms. The van der Waals surface area contributed by atoms with Crippen LogP contribution in [0.4, 0.5) is 5.69 Å². The van der Waals surface area contributed by atoms with Gasteiger partial charge in [0.2, 0.25) is 10.0 Å². The van der Waals surface area contributed by atoms with Gasteiger partial charge in [-0.25, -0.2) is 13.1 Å².